The lowest BCUT2D eigenvalue weighted by atomic mass is 10.3. The summed E-state index contributed by atoms with van der Waals surface area (Å²) < 4.78 is 37.1. The van der Waals surface area contributed by atoms with Crippen molar-refractivity contribution in [1.29, 1.82) is 0 Å². The Morgan fingerprint density at radius 2 is 2.04 bits per heavy atom. The number of nitrogens with one attached hydrogen (secondary N) is 1. The summed E-state index contributed by atoms with van der Waals surface area (Å²) in [4.78, 5) is 4.72. The topological polar surface area (TPSA) is 24.4 Å². The molecular weight excluding hydrogens is 368 g/mol. The molecule has 0 bridgehead atoms. The van der Waals surface area contributed by atoms with Gasteiger partial charge in [0.25, 0.3) is 0 Å². The van der Waals surface area contributed by atoms with E-state index in [0.717, 1.165) is 12.8 Å². The van der Waals surface area contributed by atoms with E-state index < -0.39 is 11.9 Å². The van der Waals surface area contributed by atoms with E-state index >= 15 is 0 Å². The van der Waals surface area contributed by atoms with E-state index in [-0.39, 0.29) is 10.0 Å². The maximum Gasteiger partial charge on any atom is 0.398 e. The molecule has 1 aliphatic rings. The van der Waals surface area contributed by atoms with Crippen LogP contribution in [0.25, 0.3) is 0 Å². The van der Waals surface area contributed by atoms with Crippen LogP contribution in [-0.4, -0.2) is 24.3 Å². The first-order valence-corrected chi connectivity index (χ1v) is 8.49. The van der Waals surface area contributed by atoms with Crippen LogP contribution in [0, 0.1) is 18.3 Å². The molecule has 0 unspecified atom stereocenters. The van der Waals surface area contributed by atoms with E-state index in [9.17, 15) is 13.2 Å². The summed E-state index contributed by atoms with van der Waals surface area (Å²) in [6.45, 7) is 0.330. The predicted molar refractivity (Wildman–Crippen MR) is 89.9 cm³/mol. The van der Waals surface area contributed by atoms with E-state index in [1.807, 2.05) is 0 Å². The Morgan fingerprint density at radius 3 is 2.61 bits per heavy atom. The molecule has 0 saturated heterocycles. The van der Waals surface area contributed by atoms with Crippen LogP contribution in [0.4, 0.5) is 18.9 Å². The number of benzene rings is 1. The molecule has 0 radical (unpaired) electrons. The fourth-order valence-corrected chi connectivity index (χ4v) is 3.08. The normalized spacial score (nSPS) is 15.4. The summed E-state index contributed by atoms with van der Waals surface area (Å²) in [6.07, 6.45) is 2.95. The number of terminal acetylenes is 1. The highest BCUT2D eigenvalue weighted by molar-refractivity contribution is 7.99. The first-order chi connectivity index (χ1) is 10.8. The van der Waals surface area contributed by atoms with Crippen LogP contribution in [-0.2, 0) is 0 Å². The van der Waals surface area contributed by atoms with Crippen LogP contribution >= 0.6 is 35.0 Å². The van der Waals surface area contributed by atoms with Crippen LogP contribution < -0.4 is 5.32 Å². The van der Waals surface area contributed by atoms with Crippen LogP contribution in [0.5, 0.6) is 0 Å². The Balaban J connectivity index is 2.25. The van der Waals surface area contributed by atoms with Crippen molar-refractivity contribution < 1.29 is 13.2 Å². The lowest BCUT2D eigenvalue weighted by molar-refractivity contribution is -0.105. The predicted octanol–water partition coefficient (Wildman–Crippen LogP) is 5.31. The SMILES string of the molecule is C#CCN/C(=N\c1cc(SCC(F)(F)F)c(Cl)cc1Cl)C1CC1. The molecule has 1 aromatic carbocycles. The van der Waals surface area contributed by atoms with Crippen molar-refractivity contribution in [2.45, 2.75) is 23.9 Å². The number of hydrogen-bond donors (Lipinski definition) is 1. The average molecular weight is 381 g/mol. The number of alkyl halides is 3. The summed E-state index contributed by atoms with van der Waals surface area (Å²) in [7, 11) is 0. The van der Waals surface area contributed by atoms with Gasteiger partial charge in [0.2, 0.25) is 0 Å². The van der Waals surface area contributed by atoms with Crippen LogP contribution in [0.15, 0.2) is 22.0 Å². The zero-order valence-electron chi connectivity index (χ0n) is 11.9. The van der Waals surface area contributed by atoms with Gasteiger partial charge in [-0.2, -0.15) is 13.2 Å². The number of thioether (sulfide) groups is 1. The van der Waals surface area contributed by atoms with E-state index in [1.54, 1.807) is 0 Å². The summed E-state index contributed by atoms with van der Waals surface area (Å²) in [5.74, 6) is 2.44. The zero-order valence-corrected chi connectivity index (χ0v) is 14.2. The fourth-order valence-electron chi connectivity index (χ4n) is 1.78. The third-order valence-corrected chi connectivity index (χ3v) is 4.82. The average Bonchev–Trinajstić information content (AvgIpc) is 3.28. The van der Waals surface area contributed by atoms with Gasteiger partial charge in [0.15, 0.2) is 0 Å². The monoisotopic (exact) mass is 380 g/mol. The van der Waals surface area contributed by atoms with Gasteiger partial charge in [0.05, 0.1) is 28.0 Å². The summed E-state index contributed by atoms with van der Waals surface area (Å²) in [5, 5.41) is 3.49. The Kier molecular flexibility index (Phi) is 6.12. The lowest BCUT2D eigenvalue weighted by Gasteiger charge is -2.11. The van der Waals surface area contributed by atoms with Gasteiger partial charge >= 0.3 is 6.18 Å². The van der Waals surface area contributed by atoms with Crippen molar-refractivity contribution >= 4 is 46.5 Å². The molecule has 1 N–H and O–H groups in total. The summed E-state index contributed by atoms with van der Waals surface area (Å²) >= 11 is 12.7. The fraction of sp³-hybridized carbons (Fsp3) is 0.400. The Hall–Kier alpha value is -1.03. The molecule has 1 aliphatic carbocycles. The molecule has 1 fully saturated rings. The molecule has 0 amide bonds. The highest BCUT2D eigenvalue weighted by Crippen LogP contribution is 2.39. The van der Waals surface area contributed by atoms with Crippen molar-refractivity contribution in [3.63, 3.8) is 0 Å². The molecule has 2 rings (SSSR count). The number of aliphatic imine (C=N–C) groups is 1. The largest absolute Gasteiger partial charge is 0.398 e. The summed E-state index contributed by atoms with van der Waals surface area (Å²) in [6, 6.07) is 2.88. The van der Waals surface area contributed by atoms with E-state index in [2.05, 4.69) is 16.2 Å². The van der Waals surface area contributed by atoms with Gasteiger partial charge in [-0.3, -0.25) is 0 Å². The Bertz CT molecular complexity index is 649. The molecule has 1 saturated carbocycles. The van der Waals surface area contributed by atoms with Crippen LogP contribution in [0.3, 0.4) is 0 Å². The minimum Gasteiger partial charge on any atom is -0.362 e. The van der Waals surface area contributed by atoms with Crippen molar-refractivity contribution in [3.8, 4) is 12.3 Å². The third-order valence-electron chi connectivity index (χ3n) is 2.97. The first-order valence-electron chi connectivity index (χ1n) is 6.74. The van der Waals surface area contributed by atoms with E-state index in [0.29, 0.717) is 40.6 Å². The van der Waals surface area contributed by atoms with Gasteiger partial charge in [0, 0.05) is 10.8 Å². The maximum absolute atomic E-state index is 12.4. The van der Waals surface area contributed by atoms with Gasteiger partial charge < -0.3 is 5.32 Å². The molecule has 0 aliphatic heterocycles. The molecule has 0 atom stereocenters. The van der Waals surface area contributed by atoms with E-state index in [1.165, 1.54) is 12.1 Å². The second-order valence-electron chi connectivity index (χ2n) is 4.97. The zero-order chi connectivity index (χ0) is 17.0. The van der Waals surface area contributed by atoms with Gasteiger partial charge in [-0.15, -0.1) is 18.2 Å². The van der Waals surface area contributed by atoms with Crippen LogP contribution in [0.2, 0.25) is 10.0 Å². The molecule has 0 aromatic heterocycles. The van der Waals surface area contributed by atoms with Crippen molar-refractivity contribution in [1.82, 2.24) is 5.32 Å². The quantitative estimate of drug-likeness (QED) is 0.324. The molecule has 0 spiro atoms. The number of halogens is 5. The molecule has 8 heteroatoms. The molecule has 1 aromatic rings. The standard InChI is InChI=1S/C15H13Cl2F3N2S/c1-2-5-21-14(9-3-4-9)22-12-7-13(11(17)6-10(12)16)23-8-15(18,19)20/h1,6-7,9H,3-5,8H2,(H,21,22). The van der Waals surface area contributed by atoms with Gasteiger partial charge in [0.1, 0.15) is 5.84 Å². The Morgan fingerprint density at radius 1 is 1.35 bits per heavy atom. The first kappa shape index (κ1) is 18.3. The minimum absolute atomic E-state index is 0.174. The van der Waals surface area contributed by atoms with Gasteiger partial charge in [-0.1, -0.05) is 29.1 Å². The van der Waals surface area contributed by atoms with Crippen LogP contribution in [0.1, 0.15) is 12.8 Å². The third kappa shape index (κ3) is 5.83. The summed E-state index contributed by atoms with van der Waals surface area (Å²) in [5.41, 5.74) is 0.382. The maximum atomic E-state index is 12.4. The van der Waals surface area contributed by atoms with Crippen molar-refractivity contribution in [2.24, 2.45) is 10.9 Å². The highest BCUT2D eigenvalue weighted by Gasteiger charge is 2.29. The van der Waals surface area contributed by atoms with Crippen molar-refractivity contribution in [2.75, 3.05) is 12.3 Å². The molecule has 124 valence electrons. The second-order valence-corrected chi connectivity index (χ2v) is 6.80. The highest BCUT2D eigenvalue weighted by atomic mass is 35.5. The Labute approximate surface area is 146 Å². The molecule has 23 heavy (non-hydrogen) atoms. The molecular formula is C15H13Cl2F3N2S. The minimum atomic E-state index is -4.27. The number of amidine groups is 1. The van der Waals surface area contributed by atoms with E-state index in [4.69, 9.17) is 29.6 Å². The molecule has 2 nitrogen and oxygen atoms in total. The molecule has 0 heterocycles. The smallest absolute Gasteiger partial charge is 0.362 e. The number of rotatable bonds is 5. The second kappa shape index (κ2) is 7.69. The lowest BCUT2D eigenvalue weighted by Crippen LogP contribution is -2.25. The number of nitrogens with zero attached hydrogens (tertiary/aromatic N) is 1. The van der Waals surface area contributed by atoms with Crippen molar-refractivity contribution in [3.05, 3.63) is 22.2 Å². The van der Waals surface area contributed by atoms with Gasteiger partial charge in [-0.25, -0.2) is 4.99 Å². The number of hydrogen-bond acceptors (Lipinski definition) is 2. The van der Waals surface area contributed by atoms with Gasteiger partial charge in [-0.05, 0) is 25.0 Å².